The van der Waals surface area contributed by atoms with Crippen molar-refractivity contribution in [3.8, 4) is 11.4 Å². The molecule has 3 heterocycles. The molecule has 0 saturated carbocycles. The van der Waals surface area contributed by atoms with Crippen LogP contribution in [-0.4, -0.2) is 56.9 Å². The predicted molar refractivity (Wildman–Crippen MR) is 128 cm³/mol. The van der Waals surface area contributed by atoms with Crippen LogP contribution < -0.4 is 14.9 Å². The van der Waals surface area contributed by atoms with Crippen LogP contribution in [-0.2, 0) is 0 Å². The van der Waals surface area contributed by atoms with Gasteiger partial charge in [0, 0.05) is 38.8 Å². The van der Waals surface area contributed by atoms with Gasteiger partial charge in [-0.05, 0) is 31.4 Å². The van der Waals surface area contributed by atoms with E-state index in [-0.39, 0.29) is 11.7 Å². The van der Waals surface area contributed by atoms with Crippen molar-refractivity contribution in [2.24, 2.45) is 10.9 Å². The molecule has 1 atom stereocenters. The Morgan fingerprint density at radius 1 is 1.52 bits per heavy atom. The number of aliphatic hydroxyl groups excluding tert-OH is 1. The molecule has 2 aromatic rings. The van der Waals surface area contributed by atoms with Crippen molar-refractivity contribution in [1.29, 1.82) is 0 Å². The third-order valence-electron chi connectivity index (χ3n) is 4.98. The molecule has 0 spiro atoms. The number of aliphatic imine (C=N–C) groups is 1. The van der Waals surface area contributed by atoms with Crippen molar-refractivity contribution >= 4 is 24.0 Å². The third kappa shape index (κ3) is 5.72. The number of nitrogens with zero attached hydrogens (tertiary/aromatic N) is 5. The maximum Gasteiger partial charge on any atom is 0.225 e. The Kier molecular flexibility index (Phi) is 7.82. The van der Waals surface area contributed by atoms with Gasteiger partial charge in [-0.15, -0.1) is 0 Å². The van der Waals surface area contributed by atoms with Crippen LogP contribution in [0.1, 0.15) is 19.8 Å². The summed E-state index contributed by atoms with van der Waals surface area (Å²) >= 11 is 1.38. The molecule has 0 radical (unpaired) electrons. The van der Waals surface area contributed by atoms with E-state index in [1.807, 2.05) is 29.4 Å². The second-order valence-corrected chi connectivity index (χ2v) is 7.89. The first-order chi connectivity index (χ1) is 15.0. The number of aromatic amines is 1. The smallest absolute Gasteiger partial charge is 0.225 e. The van der Waals surface area contributed by atoms with Gasteiger partial charge in [0.2, 0.25) is 11.9 Å². The van der Waals surface area contributed by atoms with Gasteiger partial charge in [-0.25, -0.2) is 14.1 Å². The largest absolute Gasteiger partial charge is 0.508 e. The number of hydrogen-bond acceptors (Lipinski definition) is 6. The lowest BCUT2D eigenvalue weighted by atomic mass is 9.89. The number of anilines is 1. The maximum atomic E-state index is 9.96. The van der Waals surface area contributed by atoms with Crippen molar-refractivity contribution in [2.75, 3.05) is 31.6 Å². The lowest BCUT2D eigenvalue weighted by Crippen LogP contribution is -2.37. The highest BCUT2D eigenvalue weighted by atomic mass is 32.2. The highest BCUT2D eigenvalue weighted by molar-refractivity contribution is 7.96. The number of aliphatic hydroxyl groups is 1. The summed E-state index contributed by atoms with van der Waals surface area (Å²) in [5, 5.41) is 16.3. The van der Waals surface area contributed by atoms with Gasteiger partial charge in [-0.1, -0.05) is 25.3 Å². The molecule has 9 nitrogen and oxygen atoms in total. The van der Waals surface area contributed by atoms with E-state index in [0.29, 0.717) is 5.95 Å². The van der Waals surface area contributed by atoms with Crippen LogP contribution >= 0.6 is 12.1 Å². The Morgan fingerprint density at radius 3 is 3.00 bits per heavy atom. The zero-order chi connectivity index (χ0) is 22.2. The van der Waals surface area contributed by atoms with Gasteiger partial charge >= 0.3 is 0 Å². The third-order valence-corrected chi connectivity index (χ3v) is 5.66. The normalized spacial score (nSPS) is 17.5. The zero-order valence-electron chi connectivity index (χ0n) is 18.0. The first kappa shape index (κ1) is 22.5. The molecule has 166 valence electrons. The summed E-state index contributed by atoms with van der Waals surface area (Å²) in [4.78, 5) is 15.5. The summed E-state index contributed by atoms with van der Waals surface area (Å²) in [5.74, 6) is 1.67. The Morgan fingerprint density at radius 2 is 2.32 bits per heavy atom. The molecule has 0 amide bonds. The number of piperidine rings is 1. The molecule has 0 aromatic carbocycles. The molecule has 3 rings (SSSR count). The molecule has 0 aliphatic carbocycles. The lowest BCUT2D eigenvalue weighted by molar-refractivity contribution is 0.385. The van der Waals surface area contributed by atoms with Crippen molar-refractivity contribution < 1.29 is 5.11 Å². The van der Waals surface area contributed by atoms with E-state index in [1.54, 1.807) is 19.3 Å². The molecule has 0 bridgehead atoms. The Balaban J connectivity index is 1.66. The zero-order valence-corrected chi connectivity index (χ0v) is 18.8. The average Bonchev–Trinajstić information content (AvgIpc) is 2.75. The molecule has 1 aliphatic rings. The van der Waals surface area contributed by atoms with Gasteiger partial charge in [0.25, 0.3) is 0 Å². The molecule has 1 unspecified atom stereocenters. The van der Waals surface area contributed by atoms with Crippen LogP contribution in [0.4, 0.5) is 5.95 Å². The molecule has 1 saturated heterocycles. The van der Waals surface area contributed by atoms with E-state index in [9.17, 15) is 5.11 Å². The van der Waals surface area contributed by atoms with E-state index < -0.39 is 0 Å². The fourth-order valence-corrected chi connectivity index (χ4v) is 4.13. The van der Waals surface area contributed by atoms with E-state index in [4.69, 9.17) is 4.98 Å². The van der Waals surface area contributed by atoms with Crippen molar-refractivity contribution in [3.05, 3.63) is 55.1 Å². The fraction of sp³-hybridized carbons (Fsp3) is 0.381. The summed E-state index contributed by atoms with van der Waals surface area (Å²) in [6.07, 6.45) is 9.23. The highest BCUT2D eigenvalue weighted by Gasteiger charge is 2.26. The van der Waals surface area contributed by atoms with Crippen LogP contribution in [0.3, 0.4) is 0 Å². The molecular weight excluding hydrogens is 412 g/mol. The van der Waals surface area contributed by atoms with Crippen molar-refractivity contribution in [1.82, 2.24) is 29.2 Å². The second kappa shape index (κ2) is 10.8. The Hall–Kier alpha value is -3.14. The number of aromatic nitrogens is 4. The van der Waals surface area contributed by atoms with E-state index in [2.05, 4.69) is 43.2 Å². The standard InChI is InChI=1S/C21H30N8OS/c1-5-8-17(15(3)30)16-9-7-12-28(13-16)21-24-11-10-18(25-21)19-14-29(26-19)31-27-20(22-4)23-6-2/h5,8,10-11,14,16,26,30H,1,3,6-7,9,12-13H2,2,4H3,(H2,22,23,27)/b17-8+. The maximum absolute atomic E-state index is 9.96. The SMILES string of the molecule is C=C/C=C(\C(=C)O)C1CCCN(c2nccc(-c3cn(SNC(=NC)NCC)[nH]3)n2)C1. The van der Waals surface area contributed by atoms with Gasteiger partial charge < -0.3 is 15.3 Å². The quantitative estimate of drug-likeness (QED) is 0.163. The average molecular weight is 443 g/mol. The predicted octanol–water partition coefficient (Wildman–Crippen LogP) is 3.27. The van der Waals surface area contributed by atoms with E-state index in [1.165, 1.54) is 12.1 Å². The molecule has 10 heteroatoms. The summed E-state index contributed by atoms with van der Waals surface area (Å²) < 4.78 is 4.98. The van der Waals surface area contributed by atoms with Gasteiger partial charge in [-0.2, -0.15) is 0 Å². The van der Waals surface area contributed by atoms with Gasteiger partial charge in [-0.3, -0.25) is 14.8 Å². The fourth-order valence-electron chi connectivity index (χ4n) is 3.48. The Bertz CT molecular complexity index is 948. The molecular formula is C21H30N8OS. The molecule has 4 N–H and O–H groups in total. The van der Waals surface area contributed by atoms with Crippen LogP contribution in [0, 0.1) is 5.92 Å². The van der Waals surface area contributed by atoms with Crippen LogP contribution in [0.2, 0.25) is 0 Å². The van der Waals surface area contributed by atoms with Gasteiger partial charge in [0.1, 0.15) is 5.76 Å². The van der Waals surface area contributed by atoms with Gasteiger partial charge in [0.15, 0.2) is 0 Å². The van der Waals surface area contributed by atoms with Crippen molar-refractivity contribution in [3.63, 3.8) is 0 Å². The van der Waals surface area contributed by atoms with Crippen LogP contribution in [0.5, 0.6) is 0 Å². The summed E-state index contributed by atoms with van der Waals surface area (Å²) in [6, 6.07) is 1.88. The molecule has 1 aliphatic heterocycles. The summed E-state index contributed by atoms with van der Waals surface area (Å²) in [5.41, 5.74) is 2.57. The van der Waals surface area contributed by atoms with E-state index >= 15 is 0 Å². The molecule has 31 heavy (non-hydrogen) atoms. The minimum absolute atomic E-state index is 0.0989. The van der Waals surface area contributed by atoms with Crippen molar-refractivity contribution in [2.45, 2.75) is 19.8 Å². The number of hydrogen-bond donors (Lipinski definition) is 4. The highest BCUT2D eigenvalue weighted by Crippen LogP contribution is 2.29. The first-order valence-corrected chi connectivity index (χ1v) is 11.0. The summed E-state index contributed by atoms with van der Waals surface area (Å²) in [6.45, 7) is 11.9. The number of nitrogens with one attached hydrogen (secondary N) is 3. The minimum atomic E-state index is 0.0989. The first-order valence-electron chi connectivity index (χ1n) is 10.3. The van der Waals surface area contributed by atoms with E-state index in [0.717, 1.165) is 55.4 Å². The number of rotatable bonds is 8. The lowest BCUT2D eigenvalue weighted by Gasteiger charge is -2.34. The topological polar surface area (TPSA) is 106 Å². The molecule has 2 aromatic heterocycles. The van der Waals surface area contributed by atoms with Crippen LogP contribution in [0.15, 0.2) is 60.1 Å². The monoisotopic (exact) mass is 442 g/mol. The molecule has 1 fully saturated rings. The minimum Gasteiger partial charge on any atom is -0.508 e. The second-order valence-electron chi connectivity index (χ2n) is 7.11. The number of guanidine groups is 1. The van der Waals surface area contributed by atoms with Crippen LogP contribution in [0.25, 0.3) is 11.4 Å². The summed E-state index contributed by atoms with van der Waals surface area (Å²) in [7, 11) is 1.73. The number of H-pyrrole nitrogens is 1. The number of allylic oxidation sites excluding steroid dienone is 3. The Labute approximate surface area is 187 Å². The van der Waals surface area contributed by atoms with Gasteiger partial charge in [0.05, 0.1) is 29.7 Å².